The monoisotopic (exact) mass is 263 g/mol. The van der Waals surface area contributed by atoms with E-state index in [9.17, 15) is 14.4 Å². The molecule has 0 aliphatic carbocycles. The lowest BCUT2D eigenvalue weighted by Gasteiger charge is -2.14. The van der Waals surface area contributed by atoms with Crippen LogP contribution in [0.5, 0.6) is 0 Å². The summed E-state index contributed by atoms with van der Waals surface area (Å²) in [4.78, 5) is 34.4. The largest absolute Gasteiger partial charge is 0.480 e. The van der Waals surface area contributed by atoms with Gasteiger partial charge in [0, 0.05) is 5.69 Å². The lowest BCUT2D eigenvalue weighted by atomic mass is 10.1. The highest BCUT2D eigenvalue weighted by Gasteiger charge is 2.17. The molecule has 0 amide bonds. The molecule has 1 unspecified atom stereocenters. The molecule has 0 aliphatic rings. The second-order valence-electron chi connectivity index (χ2n) is 4.08. The summed E-state index contributed by atoms with van der Waals surface area (Å²) >= 11 is 0. The average molecular weight is 263 g/mol. The van der Waals surface area contributed by atoms with Crippen LogP contribution in [0.3, 0.4) is 0 Å². The fraction of sp³-hybridized carbons (Fsp3) is 0.250. The van der Waals surface area contributed by atoms with Crippen LogP contribution in [0.1, 0.15) is 13.3 Å². The standard InChI is InChI=1S/C12H13N3O4/c1-2-7(12(18)19)13-8-5-3-4-6-9(8)11(17)15-14-10(6)16/h3-5,7,13H,2H2,1H3,(H,14,16)(H,15,17)(H,18,19). The van der Waals surface area contributed by atoms with Gasteiger partial charge in [-0.1, -0.05) is 13.0 Å². The molecule has 0 radical (unpaired) electrons. The van der Waals surface area contributed by atoms with Gasteiger partial charge in [-0.15, -0.1) is 0 Å². The quantitative estimate of drug-likeness (QED) is 0.641. The highest BCUT2D eigenvalue weighted by Crippen LogP contribution is 2.18. The third kappa shape index (κ3) is 2.35. The van der Waals surface area contributed by atoms with Crippen molar-refractivity contribution in [1.29, 1.82) is 0 Å². The van der Waals surface area contributed by atoms with Crippen LogP contribution in [0.15, 0.2) is 27.8 Å². The lowest BCUT2D eigenvalue weighted by Crippen LogP contribution is -2.29. The first kappa shape index (κ1) is 12.9. The van der Waals surface area contributed by atoms with Gasteiger partial charge < -0.3 is 10.4 Å². The van der Waals surface area contributed by atoms with E-state index in [-0.39, 0.29) is 10.8 Å². The highest BCUT2D eigenvalue weighted by molar-refractivity contribution is 5.93. The van der Waals surface area contributed by atoms with Gasteiger partial charge in [0.05, 0.1) is 10.8 Å². The maximum Gasteiger partial charge on any atom is 0.326 e. The van der Waals surface area contributed by atoms with Crippen molar-refractivity contribution >= 4 is 22.4 Å². The van der Waals surface area contributed by atoms with Gasteiger partial charge in [-0.3, -0.25) is 19.8 Å². The third-order valence-electron chi connectivity index (χ3n) is 2.86. The highest BCUT2D eigenvalue weighted by atomic mass is 16.4. The Kier molecular flexibility index (Phi) is 3.37. The number of carbonyl (C=O) groups is 1. The van der Waals surface area contributed by atoms with Gasteiger partial charge in [-0.05, 0) is 18.6 Å². The summed E-state index contributed by atoms with van der Waals surface area (Å²) in [5.74, 6) is -1.01. The predicted octanol–water partition coefficient (Wildman–Crippen LogP) is 0.492. The van der Waals surface area contributed by atoms with E-state index in [0.717, 1.165) is 0 Å². The molecule has 7 heteroatoms. The summed E-state index contributed by atoms with van der Waals surface area (Å²) < 4.78 is 0. The number of carboxylic acids is 1. The van der Waals surface area contributed by atoms with E-state index in [2.05, 4.69) is 15.5 Å². The van der Waals surface area contributed by atoms with Crippen LogP contribution in [-0.2, 0) is 4.79 Å². The minimum atomic E-state index is -1.01. The van der Waals surface area contributed by atoms with Crippen molar-refractivity contribution in [1.82, 2.24) is 10.2 Å². The molecular weight excluding hydrogens is 250 g/mol. The first-order valence-corrected chi connectivity index (χ1v) is 5.77. The molecule has 0 saturated heterocycles. The second-order valence-corrected chi connectivity index (χ2v) is 4.08. The van der Waals surface area contributed by atoms with Crippen LogP contribution in [0.2, 0.25) is 0 Å². The normalized spacial score (nSPS) is 12.3. The number of carboxylic acid groups (broad SMARTS) is 1. The summed E-state index contributed by atoms with van der Waals surface area (Å²) in [6, 6.07) is 3.86. The fourth-order valence-corrected chi connectivity index (χ4v) is 1.88. The Morgan fingerprint density at radius 1 is 1.32 bits per heavy atom. The van der Waals surface area contributed by atoms with Gasteiger partial charge >= 0.3 is 5.97 Å². The molecule has 19 heavy (non-hydrogen) atoms. The van der Waals surface area contributed by atoms with Crippen molar-refractivity contribution in [3.8, 4) is 0 Å². The van der Waals surface area contributed by atoms with Gasteiger partial charge in [0.2, 0.25) is 0 Å². The minimum Gasteiger partial charge on any atom is -0.480 e. The van der Waals surface area contributed by atoms with Crippen LogP contribution in [-0.4, -0.2) is 27.3 Å². The van der Waals surface area contributed by atoms with Crippen molar-refractivity contribution in [3.05, 3.63) is 38.9 Å². The fourth-order valence-electron chi connectivity index (χ4n) is 1.88. The molecule has 0 spiro atoms. The molecule has 1 aromatic carbocycles. The summed E-state index contributed by atoms with van der Waals surface area (Å²) in [5, 5.41) is 16.6. The first-order valence-electron chi connectivity index (χ1n) is 5.77. The maximum absolute atomic E-state index is 11.8. The number of hydrogen-bond donors (Lipinski definition) is 4. The van der Waals surface area contributed by atoms with Crippen LogP contribution in [0.4, 0.5) is 5.69 Å². The van der Waals surface area contributed by atoms with Crippen molar-refractivity contribution < 1.29 is 9.90 Å². The number of H-pyrrole nitrogens is 2. The molecule has 1 atom stereocenters. The number of benzene rings is 1. The molecule has 1 heterocycles. The first-order chi connectivity index (χ1) is 9.04. The molecule has 4 N–H and O–H groups in total. The number of aromatic amines is 2. The van der Waals surface area contributed by atoms with Gasteiger partial charge in [0.25, 0.3) is 11.1 Å². The molecule has 2 aromatic rings. The number of anilines is 1. The van der Waals surface area contributed by atoms with Crippen molar-refractivity contribution in [3.63, 3.8) is 0 Å². The zero-order valence-corrected chi connectivity index (χ0v) is 10.2. The van der Waals surface area contributed by atoms with E-state index in [4.69, 9.17) is 5.11 Å². The summed E-state index contributed by atoms with van der Waals surface area (Å²) in [5.41, 5.74) is -0.571. The third-order valence-corrected chi connectivity index (χ3v) is 2.86. The van der Waals surface area contributed by atoms with Gasteiger partial charge in [0.15, 0.2) is 0 Å². The van der Waals surface area contributed by atoms with Crippen LogP contribution < -0.4 is 16.4 Å². The van der Waals surface area contributed by atoms with Crippen molar-refractivity contribution in [2.75, 3.05) is 5.32 Å². The zero-order chi connectivity index (χ0) is 14.0. The number of aliphatic carboxylic acids is 1. The summed E-state index contributed by atoms with van der Waals surface area (Å²) in [6.45, 7) is 1.72. The molecule has 7 nitrogen and oxygen atoms in total. The smallest absolute Gasteiger partial charge is 0.326 e. The lowest BCUT2D eigenvalue weighted by molar-refractivity contribution is -0.137. The van der Waals surface area contributed by atoms with Crippen molar-refractivity contribution in [2.45, 2.75) is 19.4 Å². The van der Waals surface area contributed by atoms with E-state index < -0.39 is 23.1 Å². The van der Waals surface area contributed by atoms with Crippen LogP contribution in [0.25, 0.3) is 10.8 Å². The van der Waals surface area contributed by atoms with E-state index in [1.54, 1.807) is 19.1 Å². The molecule has 0 saturated carbocycles. The maximum atomic E-state index is 11.8. The van der Waals surface area contributed by atoms with Gasteiger partial charge in [0.1, 0.15) is 6.04 Å². The number of nitrogens with one attached hydrogen (secondary N) is 3. The minimum absolute atomic E-state index is 0.158. The number of aromatic nitrogens is 2. The van der Waals surface area contributed by atoms with Crippen LogP contribution in [0, 0.1) is 0 Å². The predicted molar refractivity (Wildman–Crippen MR) is 70.5 cm³/mol. The number of rotatable bonds is 4. The summed E-state index contributed by atoms with van der Waals surface area (Å²) in [7, 11) is 0. The number of hydrogen-bond acceptors (Lipinski definition) is 4. The number of fused-ring (bicyclic) bond motifs is 1. The molecule has 0 bridgehead atoms. The molecule has 0 aliphatic heterocycles. The second kappa shape index (κ2) is 4.97. The van der Waals surface area contributed by atoms with Gasteiger partial charge in [-0.2, -0.15) is 0 Å². The van der Waals surface area contributed by atoms with E-state index in [1.807, 2.05) is 0 Å². The topological polar surface area (TPSA) is 115 Å². The SMILES string of the molecule is CCC(Nc1cccc2c(=O)[nH][nH]c(=O)c12)C(=O)O. The van der Waals surface area contributed by atoms with E-state index in [0.29, 0.717) is 12.1 Å². The Labute approximate surface area is 107 Å². The summed E-state index contributed by atoms with van der Waals surface area (Å²) in [6.07, 6.45) is 0.354. The van der Waals surface area contributed by atoms with Crippen molar-refractivity contribution in [2.24, 2.45) is 0 Å². The van der Waals surface area contributed by atoms with E-state index in [1.165, 1.54) is 6.07 Å². The molecule has 0 fully saturated rings. The van der Waals surface area contributed by atoms with Gasteiger partial charge in [-0.25, -0.2) is 4.79 Å². The Bertz CT molecular complexity index is 732. The zero-order valence-electron chi connectivity index (χ0n) is 10.2. The Balaban J connectivity index is 2.62. The Morgan fingerprint density at radius 3 is 2.63 bits per heavy atom. The van der Waals surface area contributed by atoms with E-state index >= 15 is 0 Å². The molecule has 2 rings (SSSR count). The van der Waals surface area contributed by atoms with Crippen LogP contribution >= 0.6 is 0 Å². The average Bonchev–Trinajstić information content (AvgIpc) is 2.40. The Hall–Kier alpha value is -2.57. The molecule has 100 valence electrons. The molecule has 1 aromatic heterocycles. The molecular formula is C12H13N3O4. The Morgan fingerprint density at radius 2 is 2.00 bits per heavy atom.